The molecule has 0 saturated heterocycles. The molecule has 5 heteroatoms. The van der Waals surface area contributed by atoms with Crippen LogP contribution in [0.3, 0.4) is 0 Å². The lowest BCUT2D eigenvalue weighted by atomic mass is 10.2. The van der Waals surface area contributed by atoms with E-state index < -0.39 is 6.10 Å². The van der Waals surface area contributed by atoms with Crippen molar-refractivity contribution < 1.29 is 9.52 Å². The molecule has 0 aromatic carbocycles. The number of nitrogens with one attached hydrogen (secondary N) is 1. The Morgan fingerprint density at radius 3 is 3.06 bits per heavy atom. The number of hydrogen-bond donors (Lipinski definition) is 2. The molecule has 2 heterocycles. The van der Waals surface area contributed by atoms with Gasteiger partial charge in [-0.1, -0.05) is 0 Å². The van der Waals surface area contributed by atoms with Crippen molar-refractivity contribution in [1.82, 2.24) is 15.3 Å². The van der Waals surface area contributed by atoms with Crippen molar-refractivity contribution >= 4 is 0 Å². The Balaban J connectivity index is 1.80. The highest BCUT2D eigenvalue weighted by Gasteiger charge is 2.09. The van der Waals surface area contributed by atoms with Crippen LogP contribution in [0.25, 0.3) is 0 Å². The number of aromatic nitrogens is 2. The minimum atomic E-state index is -0.632. The monoisotopic (exact) mass is 233 g/mol. The Morgan fingerprint density at radius 2 is 2.35 bits per heavy atom. The maximum atomic E-state index is 9.75. The first-order chi connectivity index (χ1) is 8.25. The summed E-state index contributed by atoms with van der Waals surface area (Å²) in [6.45, 7) is 2.87. The number of hydrogen-bond acceptors (Lipinski definition) is 5. The first-order valence-electron chi connectivity index (χ1n) is 5.46. The summed E-state index contributed by atoms with van der Waals surface area (Å²) in [5.74, 6) is 1.31. The highest BCUT2D eigenvalue weighted by Crippen LogP contribution is 2.11. The molecule has 1 unspecified atom stereocenters. The third-order valence-corrected chi connectivity index (χ3v) is 2.35. The highest BCUT2D eigenvalue weighted by molar-refractivity contribution is 5.03. The SMILES string of the molecule is Cc1nccc(CNCC(O)c2ccco2)n1. The lowest BCUT2D eigenvalue weighted by Gasteiger charge is -2.09. The maximum absolute atomic E-state index is 9.75. The summed E-state index contributed by atoms with van der Waals surface area (Å²) in [4.78, 5) is 8.27. The van der Waals surface area contributed by atoms with Crippen molar-refractivity contribution in [3.05, 3.63) is 47.9 Å². The van der Waals surface area contributed by atoms with E-state index in [2.05, 4.69) is 15.3 Å². The van der Waals surface area contributed by atoms with Gasteiger partial charge in [0.25, 0.3) is 0 Å². The number of aliphatic hydroxyl groups excluding tert-OH is 1. The van der Waals surface area contributed by atoms with Crippen molar-refractivity contribution in [1.29, 1.82) is 0 Å². The zero-order valence-electron chi connectivity index (χ0n) is 9.63. The summed E-state index contributed by atoms with van der Waals surface area (Å²) in [7, 11) is 0. The summed E-state index contributed by atoms with van der Waals surface area (Å²) < 4.78 is 5.10. The van der Waals surface area contributed by atoms with E-state index in [-0.39, 0.29) is 0 Å². The van der Waals surface area contributed by atoms with Crippen molar-refractivity contribution in [3.63, 3.8) is 0 Å². The second-order valence-corrected chi connectivity index (χ2v) is 3.76. The molecule has 0 saturated carbocycles. The van der Waals surface area contributed by atoms with Gasteiger partial charge in [-0.2, -0.15) is 0 Å². The largest absolute Gasteiger partial charge is 0.467 e. The van der Waals surface area contributed by atoms with E-state index in [4.69, 9.17) is 4.42 Å². The van der Waals surface area contributed by atoms with Crippen molar-refractivity contribution in [2.24, 2.45) is 0 Å². The Labute approximate surface area is 99.5 Å². The number of aryl methyl sites for hydroxylation is 1. The Hall–Kier alpha value is -1.72. The predicted molar refractivity (Wildman–Crippen MR) is 62.1 cm³/mol. The summed E-state index contributed by atoms with van der Waals surface area (Å²) in [6, 6.07) is 5.35. The molecular formula is C12H15N3O2. The van der Waals surface area contributed by atoms with Crippen LogP contribution >= 0.6 is 0 Å². The Morgan fingerprint density at radius 1 is 1.47 bits per heavy atom. The lowest BCUT2D eigenvalue weighted by Crippen LogP contribution is -2.21. The average Bonchev–Trinajstić information content (AvgIpc) is 2.82. The summed E-state index contributed by atoms with van der Waals surface area (Å²) in [6.07, 6.45) is 2.64. The predicted octanol–water partition coefficient (Wildman–Crippen LogP) is 1.20. The van der Waals surface area contributed by atoms with Crippen LogP contribution < -0.4 is 5.32 Å². The Kier molecular flexibility index (Phi) is 3.85. The van der Waals surface area contributed by atoms with Crippen LogP contribution in [0.15, 0.2) is 35.1 Å². The zero-order valence-corrected chi connectivity index (χ0v) is 9.63. The van der Waals surface area contributed by atoms with Crippen LogP contribution in [0.1, 0.15) is 23.4 Å². The van der Waals surface area contributed by atoms with Gasteiger partial charge in [-0.25, -0.2) is 9.97 Å². The minimum Gasteiger partial charge on any atom is -0.467 e. The summed E-state index contributed by atoms with van der Waals surface area (Å²) in [5.41, 5.74) is 0.907. The molecule has 0 aliphatic carbocycles. The molecule has 1 atom stereocenters. The molecule has 2 aromatic rings. The van der Waals surface area contributed by atoms with Gasteiger partial charge in [-0.15, -0.1) is 0 Å². The van der Waals surface area contributed by atoms with E-state index in [1.165, 1.54) is 0 Å². The normalized spacial score (nSPS) is 12.6. The quantitative estimate of drug-likeness (QED) is 0.812. The van der Waals surface area contributed by atoms with Crippen molar-refractivity contribution in [3.8, 4) is 0 Å². The fraction of sp³-hybridized carbons (Fsp3) is 0.333. The average molecular weight is 233 g/mol. The van der Waals surface area contributed by atoms with Crippen molar-refractivity contribution in [2.75, 3.05) is 6.54 Å². The van der Waals surface area contributed by atoms with Gasteiger partial charge in [0.2, 0.25) is 0 Å². The first kappa shape index (κ1) is 11.8. The molecule has 2 N–H and O–H groups in total. The third-order valence-electron chi connectivity index (χ3n) is 2.35. The van der Waals surface area contributed by atoms with E-state index in [0.29, 0.717) is 18.8 Å². The van der Waals surface area contributed by atoms with Gasteiger partial charge in [0.1, 0.15) is 17.7 Å². The van der Waals surface area contributed by atoms with Gasteiger partial charge in [-0.05, 0) is 25.1 Å². The van der Waals surface area contributed by atoms with Gasteiger partial charge >= 0.3 is 0 Å². The van der Waals surface area contributed by atoms with E-state index >= 15 is 0 Å². The lowest BCUT2D eigenvalue weighted by molar-refractivity contribution is 0.147. The highest BCUT2D eigenvalue weighted by atomic mass is 16.4. The van der Waals surface area contributed by atoms with Gasteiger partial charge in [0, 0.05) is 19.3 Å². The van der Waals surface area contributed by atoms with Crippen LogP contribution in [0.5, 0.6) is 0 Å². The molecule has 0 aliphatic heterocycles. The number of furan rings is 1. The molecule has 0 bridgehead atoms. The van der Waals surface area contributed by atoms with Crippen LogP contribution in [-0.4, -0.2) is 21.6 Å². The fourth-order valence-corrected chi connectivity index (χ4v) is 1.52. The first-order valence-corrected chi connectivity index (χ1v) is 5.46. The van der Waals surface area contributed by atoms with Crippen LogP contribution in [0.4, 0.5) is 0 Å². The molecule has 0 fully saturated rings. The smallest absolute Gasteiger partial charge is 0.133 e. The fourth-order valence-electron chi connectivity index (χ4n) is 1.52. The molecular weight excluding hydrogens is 218 g/mol. The molecule has 5 nitrogen and oxygen atoms in total. The Bertz CT molecular complexity index is 457. The topological polar surface area (TPSA) is 71.2 Å². The van der Waals surface area contributed by atoms with E-state index in [1.54, 1.807) is 24.6 Å². The van der Waals surface area contributed by atoms with Crippen molar-refractivity contribution in [2.45, 2.75) is 19.6 Å². The molecule has 2 aromatic heterocycles. The standard InChI is InChI=1S/C12H15N3O2/c1-9-14-5-4-10(15-9)7-13-8-11(16)12-3-2-6-17-12/h2-6,11,13,16H,7-8H2,1H3. The van der Waals surface area contributed by atoms with Crippen LogP contribution in [0, 0.1) is 6.92 Å². The zero-order chi connectivity index (χ0) is 12.1. The summed E-state index contributed by atoms with van der Waals surface area (Å²) in [5, 5.41) is 12.9. The van der Waals surface area contributed by atoms with Gasteiger partial charge in [-0.3, -0.25) is 0 Å². The molecule has 0 amide bonds. The van der Waals surface area contributed by atoms with Gasteiger partial charge in [0.05, 0.1) is 12.0 Å². The van der Waals surface area contributed by atoms with Gasteiger partial charge < -0.3 is 14.8 Å². The van der Waals surface area contributed by atoms with Crippen LogP contribution in [0.2, 0.25) is 0 Å². The molecule has 0 radical (unpaired) electrons. The second-order valence-electron chi connectivity index (χ2n) is 3.76. The van der Waals surface area contributed by atoms with Gasteiger partial charge in [0.15, 0.2) is 0 Å². The van der Waals surface area contributed by atoms with Crippen LogP contribution in [-0.2, 0) is 6.54 Å². The molecule has 2 rings (SSSR count). The van der Waals surface area contributed by atoms with E-state index in [9.17, 15) is 5.11 Å². The second kappa shape index (κ2) is 5.56. The molecule has 0 spiro atoms. The maximum Gasteiger partial charge on any atom is 0.133 e. The number of rotatable bonds is 5. The molecule has 17 heavy (non-hydrogen) atoms. The number of nitrogens with zero attached hydrogens (tertiary/aromatic N) is 2. The number of aliphatic hydroxyl groups is 1. The third kappa shape index (κ3) is 3.37. The summed E-state index contributed by atoms with van der Waals surface area (Å²) >= 11 is 0. The van der Waals surface area contributed by atoms with E-state index in [1.807, 2.05) is 13.0 Å². The minimum absolute atomic E-state index is 0.427. The molecule has 0 aliphatic rings. The van der Waals surface area contributed by atoms with E-state index in [0.717, 1.165) is 11.5 Å². The molecule has 90 valence electrons.